The summed E-state index contributed by atoms with van der Waals surface area (Å²) >= 11 is 0. The smallest absolute Gasteiger partial charge is 0.129 e. The van der Waals surface area contributed by atoms with Crippen LogP contribution < -0.4 is 0 Å². The summed E-state index contributed by atoms with van der Waals surface area (Å²) in [7, 11) is -1.35. The average Bonchev–Trinajstić information content (AvgIpc) is 2.15. The molecule has 0 amide bonds. The molecule has 0 aromatic carbocycles. The Hall–Kier alpha value is -0.263. The van der Waals surface area contributed by atoms with Gasteiger partial charge >= 0.3 is 0 Å². The van der Waals surface area contributed by atoms with Crippen molar-refractivity contribution in [3.05, 3.63) is 0 Å². The van der Waals surface area contributed by atoms with Gasteiger partial charge in [0.2, 0.25) is 0 Å². The van der Waals surface area contributed by atoms with Gasteiger partial charge in [0, 0.05) is 0 Å². The van der Waals surface area contributed by atoms with E-state index in [1.54, 1.807) is 0 Å². The average molecular weight is 224 g/mol. The normalized spacial score (nSPS) is 31.9. The van der Waals surface area contributed by atoms with Gasteiger partial charge in [0.25, 0.3) is 0 Å². The van der Waals surface area contributed by atoms with Crippen molar-refractivity contribution in [3.63, 3.8) is 0 Å². The van der Waals surface area contributed by atoms with Crippen LogP contribution in [0.5, 0.6) is 0 Å². The molecule has 2 atom stereocenters. The van der Waals surface area contributed by atoms with E-state index in [0.29, 0.717) is 5.92 Å². The first kappa shape index (κ1) is 12.8. The van der Waals surface area contributed by atoms with E-state index in [1.165, 1.54) is 6.42 Å². The largest absolute Gasteiger partial charge is 0.377 e. The summed E-state index contributed by atoms with van der Waals surface area (Å²) in [4.78, 5) is 0. The van der Waals surface area contributed by atoms with Crippen LogP contribution in [0.2, 0.25) is 19.6 Å². The number of hydrogen-bond acceptors (Lipinski definition) is 1. The summed E-state index contributed by atoms with van der Waals surface area (Å²) in [6, 6.07) is 0. The monoisotopic (exact) mass is 224 g/mol. The zero-order valence-corrected chi connectivity index (χ0v) is 11.6. The lowest BCUT2D eigenvalue weighted by Crippen LogP contribution is -2.39. The Morgan fingerprint density at radius 3 is 2.53 bits per heavy atom. The fourth-order valence-corrected chi connectivity index (χ4v) is 2.82. The molecule has 1 nitrogen and oxygen atoms in total. The molecule has 0 unspecified atom stereocenters. The third kappa shape index (κ3) is 3.66. The van der Waals surface area contributed by atoms with Gasteiger partial charge in [-0.05, 0) is 31.6 Å². The maximum atomic E-state index is 10.5. The molecule has 0 aromatic rings. The van der Waals surface area contributed by atoms with E-state index < -0.39 is 13.7 Å². The lowest BCUT2D eigenvalue weighted by atomic mass is 9.75. The summed E-state index contributed by atoms with van der Waals surface area (Å²) in [5.41, 5.74) is 2.66. The molecule has 1 N–H and O–H groups in total. The fourth-order valence-electron chi connectivity index (χ4n) is 2.23. The van der Waals surface area contributed by atoms with Crippen LogP contribution in [0.15, 0.2) is 0 Å². The predicted molar refractivity (Wildman–Crippen MR) is 68.3 cm³/mol. The molecule has 0 aliphatic heterocycles. The third-order valence-electron chi connectivity index (χ3n) is 3.18. The van der Waals surface area contributed by atoms with Gasteiger partial charge in [-0.15, -0.1) is 5.54 Å². The first-order valence-corrected chi connectivity index (χ1v) is 9.64. The van der Waals surface area contributed by atoms with Crippen LogP contribution in [0.25, 0.3) is 0 Å². The van der Waals surface area contributed by atoms with Crippen molar-refractivity contribution in [1.82, 2.24) is 0 Å². The molecule has 15 heavy (non-hydrogen) atoms. The molecule has 1 aliphatic carbocycles. The van der Waals surface area contributed by atoms with Crippen LogP contribution in [0.1, 0.15) is 39.0 Å². The Kier molecular flexibility index (Phi) is 4.03. The number of rotatable bonds is 1. The highest BCUT2D eigenvalue weighted by atomic mass is 28.3. The van der Waals surface area contributed by atoms with E-state index in [1.807, 2.05) is 0 Å². The zero-order chi connectivity index (χ0) is 11.5. The maximum absolute atomic E-state index is 10.5. The van der Waals surface area contributed by atoms with Crippen LogP contribution in [-0.2, 0) is 0 Å². The molecule has 1 rings (SSSR count). The minimum absolute atomic E-state index is 0.398. The van der Waals surface area contributed by atoms with Crippen molar-refractivity contribution in [2.45, 2.75) is 64.3 Å². The van der Waals surface area contributed by atoms with E-state index in [0.717, 1.165) is 25.7 Å². The lowest BCUT2D eigenvalue weighted by Gasteiger charge is -2.35. The molecule has 0 radical (unpaired) electrons. The Morgan fingerprint density at radius 2 is 2.00 bits per heavy atom. The number of hydrogen-bond donors (Lipinski definition) is 1. The molecule has 1 saturated carbocycles. The predicted octanol–water partition coefficient (Wildman–Crippen LogP) is 3.20. The summed E-state index contributed by atoms with van der Waals surface area (Å²) in [5.74, 6) is 3.60. The summed E-state index contributed by atoms with van der Waals surface area (Å²) < 4.78 is 0. The minimum atomic E-state index is -1.35. The van der Waals surface area contributed by atoms with Crippen molar-refractivity contribution in [3.8, 4) is 11.5 Å². The Morgan fingerprint density at radius 1 is 1.33 bits per heavy atom. The topological polar surface area (TPSA) is 20.2 Å². The van der Waals surface area contributed by atoms with Crippen molar-refractivity contribution in [2.24, 2.45) is 5.92 Å². The van der Waals surface area contributed by atoms with E-state index in [9.17, 15) is 5.11 Å². The second-order valence-corrected chi connectivity index (χ2v) is 10.5. The Balaban J connectivity index is 2.81. The quantitative estimate of drug-likeness (QED) is 0.536. The van der Waals surface area contributed by atoms with Crippen molar-refractivity contribution >= 4 is 8.07 Å². The molecular weight excluding hydrogens is 200 g/mol. The highest BCUT2D eigenvalue weighted by molar-refractivity contribution is 6.83. The third-order valence-corrected chi connectivity index (χ3v) is 4.06. The number of aliphatic hydroxyl groups is 1. The van der Waals surface area contributed by atoms with Crippen LogP contribution >= 0.6 is 0 Å². The van der Waals surface area contributed by atoms with E-state index in [2.05, 4.69) is 38.0 Å². The lowest BCUT2D eigenvalue weighted by molar-refractivity contribution is 0.00277. The molecule has 2 heteroatoms. The SMILES string of the molecule is CC[C@H]1CCCC[C@]1(O)C#C[Si](C)(C)C. The van der Waals surface area contributed by atoms with Gasteiger partial charge in [-0.2, -0.15) is 0 Å². The van der Waals surface area contributed by atoms with Crippen molar-refractivity contribution in [1.29, 1.82) is 0 Å². The summed E-state index contributed by atoms with van der Waals surface area (Å²) in [5, 5.41) is 10.5. The molecule has 0 saturated heterocycles. The van der Waals surface area contributed by atoms with E-state index in [4.69, 9.17) is 0 Å². The second-order valence-electron chi connectivity index (χ2n) is 5.78. The summed E-state index contributed by atoms with van der Waals surface area (Å²) in [6.07, 6.45) is 5.47. The zero-order valence-electron chi connectivity index (χ0n) is 10.6. The Bertz CT molecular complexity index is 268. The van der Waals surface area contributed by atoms with Gasteiger partial charge in [-0.3, -0.25) is 0 Å². The Labute approximate surface area is 95.3 Å². The highest BCUT2D eigenvalue weighted by Gasteiger charge is 2.36. The first-order valence-electron chi connectivity index (χ1n) is 6.14. The molecule has 1 aliphatic rings. The fraction of sp³-hybridized carbons (Fsp3) is 0.846. The van der Waals surface area contributed by atoms with Crippen molar-refractivity contribution in [2.75, 3.05) is 0 Å². The van der Waals surface area contributed by atoms with E-state index >= 15 is 0 Å². The van der Waals surface area contributed by atoms with E-state index in [-0.39, 0.29) is 0 Å². The van der Waals surface area contributed by atoms with Gasteiger partial charge < -0.3 is 5.11 Å². The van der Waals surface area contributed by atoms with Gasteiger partial charge in [0.05, 0.1) is 0 Å². The van der Waals surface area contributed by atoms with Crippen molar-refractivity contribution < 1.29 is 5.11 Å². The van der Waals surface area contributed by atoms with Gasteiger partial charge in [0.15, 0.2) is 0 Å². The molecule has 0 heterocycles. The van der Waals surface area contributed by atoms with Gasteiger partial charge in [-0.25, -0.2) is 0 Å². The highest BCUT2D eigenvalue weighted by Crippen LogP contribution is 2.35. The molecule has 0 spiro atoms. The second kappa shape index (κ2) is 4.72. The van der Waals surface area contributed by atoms with Crippen LogP contribution in [0, 0.1) is 17.4 Å². The van der Waals surface area contributed by atoms with Gasteiger partial charge in [-0.1, -0.05) is 38.9 Å². The molecule has 0 aromatic heterocycles. The van der Waals surface area contributed by atoms with Crippen LogP contribution in [0.4, 0.5) is 0 Å². The maximum Gasteiger partial charge on any atom is 0.129 e. The molecular formula is C13H24OSi. The molecule has 1 fully saturated rings. The standard InChI is InChI=1S/C13H24OSi/c1-5-12-8-6-7-9-13(12,14)10-11-15(2,3)4/h12,14H,5-9H2,1-4H3/t12-,13-/m0/s1. The van der Waals surface area contributed by atoms with Gasteiger partial charge in [0.1, 0.15) is 13.7 Å². The molecule has 0 bridgehead atoms. The van der Waals surface area contributed by atoms with Crippen LogP contribution in [-0.4, -0.2) is 18.8 Å². The summed E-state index contributed by atoms with van der Waals surface area (Å²) in [6.45, 7) is 8.85. The first-order chi connectivity index (χ1) is 6.87. The minimum Gasteiger partial charge on any atom is -0.377 e. The molecule has 86 valence electrons. The van der Waals surface area contributed by atoms with Crippen LogP contribution in [0.3, 0.4) is 0 Å².